The summed E-state index contributed by atoms with van der Waals surface area (Å²) in [4.78, 5) is 7.88. The first-order valence-electron chi connectivity index (χ1n) is 24.7. The second-order valence-corrected chi connectivity index (χ2v) is 26.8. The zero-order valence-electron chi connectivity index (χ0n) is 39.4. The maximum absolute atomic E-state index is 14.0. The smallest absolute Gasteiger partial charge is 0.366 e. The quantitative estimate of drug-likeness (QED) is 0.0272. The summed E-state index contributed by atoms with van der Waals surface area (Å²) in [5.41, 5.74) is 5.21. The van der Waals surface area contributed by atoms with E-state index in [2.05, 4.69) is 75.8 Å². The Hall–Kier alpha value is -2.54. The van der Waals surface area contributed by atoms with Gasteiger partial charge in [0.05, 0.1) is 60.5 Å². The summed E-state index contributed by atoms with van der Waals surface area (Å²) in [7, 11) is -2.25. The van der Waals surface area contributed by atoms with Gasteiger partial charge in [-0.05, 0) is 79.5 Å². The first-order chi connectivity index (χ1) is 29.2. The number of nitrogens with zero attached hydrogens (tertiary/aromatic N) is 1. The van der Waals surface area contributed by atoms with Crippen LogP contribution in [0.4, 0.5) is 5.69 Å². The van der Waals surface area contributed by atoms with Gasteiger partial charge < -0.3 is 10.2 Å². The van der Waals surface area contributed by atoms with Crippen LogP contribution in [0.2, 0.25) is 0 Å². The predicted octanol–water partition coefficient (Wildman–Crippen LogP) is 13.9. The summed E-state index contributed by atoms with van der Waals surface area (Å²) in [6.45, 7) is 13.9. The molecule has 0 heterocycles. The highest BCUT2D eigenvalue weighted by Gasteiger charge is 2.37. The number of unbranched alkanes of at least 4 members (excludes halogenated alkanes) is 12. The molecule has 1 atom stereocenters. The zero-order chi connectivity index (χ0) is 43.3. The zero-order valence-corrected chi connectivity index (χ0v) is 41.2. The second kappa shape index (κ2) is 30.5. The van der Waals surface area contributed by atoms with Crippen molar-refractivity contribution in [3.05, 3.63) is 101 Å². The number of hydrogen-bond donors (Lipinski definition) is 2. The van der Waals surface area contributed by atoms with Crippen LogP contribution >= 0.6 is 14.5 Å². The van der Waals surface area contributed by atoms with Crippen molar-refractivity contribution in [2.45, 2.75) is 182 Å². The number of rotatable bonds is 34. The Bertz CT molecular complexity index is 1540. The maximum Gasteiger partial charge on any atom is 0.366 e. The van der Waals surface area contributed by atoms with Crippen LogP contribution in [0.5, 0.6) is 0 Å². The molecule has 0 amide bonds. The highest BCUT2D eigenvalue weighted by molar-refractivity contribution is 7.75. The van der Waals surface area contributed by atoms with Gasteiger partial charge in [0, 0.05) is 26.8 Å². The van der Waals surface area contributed by atoms with Crippen LogP contribution in [-0.4, -0.2) is 59.9 Å². The van der Waals surface area contributed by atoms with Gasteiger partial charge >= 0.3 is 5.90 Å². The minimum atomic E-state index is -1.13. The molecule has 0 aliphatic carbocycles. The van der Waals surface area contributed by atoms with Gasteiger partial charge in [0.25, 0.3) is 0 Å². The van der Waals surface area contributed by atoms with E-state index >= 15 is 0 Å². The molecular formula is C54H88N2O2P2+2. The van der Waals surface area contributed by atoms with E-state index in [1.807, 2.05) is 54.6 Å². The van der Waals surface area contributed by atoms with Crippen LogP contribution in [0.1, 0.15) is 179 Å². The lowest BCUT2D eigenvalue weighted by atomic mass is 10.1. The Morgan fingerprint density at radius 1 is 0.500 bits per heavy atom. The van der Waals surface area contributed by atoms with E-state index in [9.17, 15) is 10.2 Å². The van der Waals surface area contributed by atoms with Crippen molar-refractivity contribution < 1.29 is 15.2 Å². The minimum absolute atomic E-state index is 0.0331. The van der Waals surface area contributed by atoms with Gasteiger partial charge in [-0.15, -0.1) is 0 Å². The molecular weight excluding hydrogens is 771 g/mol. The number of hydrogen-bond acceptors (Lipinski definition) is 2. The van der Waals surface area contributed by atoms with Crippen molar-refractivity contribution in [1.29, 1.82) is 0 Å². The van der Waals surface area contributed by atoms with Crippen LogP contribution in [0.25, 0.3) is 0 Å². The molecule has 0 bridgehead atoms. The fraction of sp³-hybridized carbons (Fsp3) is 0.630. The van der Waals surface area contributed by atoms with E-state index < -0.39 is 20.6 Å². The molecule has 3 aromatic carbocycles. The third kappa shape index (κ3) is 19.7. The summed E-state index contributed by atoms with van der Waals surface area (Å²) in [6.07, 6.45) is 35.0. The van der Waals surface area contributed by atoms with Gasteiger partial charge in [-0.25, -0.2) is 4.99 Å². The van der Waals surface area contributed by atoms with Crippen molar-refractivity contribution in [1.82, 2.24) is 0 Å². The van der Waals surface area contributed by atoms with Crippen LogP contribution in [0.15, 0.2) is 83.9 Å². The van der Waals surface area contributed by atoms with Crippen LogP contribution in [0.3, 0.4) is 0 Å². The third-order valence-electron chi connectivity index (χ3n) is 12.7. The lowest BCUT2D eigenvalue weighted by Gasteiger charge is -2.28. The molecule has 334 valence electrons. The molecule has 0 aliphatic rings. The fourth-order valence-corrected chi connectivity index (χ4v) is 18.7. The summed E-state index contributed by atoms with van der Waals surface area (Å²) in [6, 6.07) is 26.5. The first-order valence-corrected chi connectivity index (χ1v) is 29.8. The van der Waals surface area contributed by atoms with Gasteiger partial charge in [-0.2, -0.15) is 0 Å². The Morgan fingerprint density at radius 3 is 1.23 bits per heavy atom. The van der Waals surface area contributed by atoms with E-state index in [1.54, 1.807) is 0 Å². The maximum atomic E-state index is 14.0. The molecule has 3 aromatic rings. The SMILES string of the molecule is CCCCC[P+](CCCCC)(CCCCC)Cc1ccc(N=C([O-])[C@H](Cc2ccccc2)[NH+]=C(O)c2ccc(C[P+](CCCCC)(CCCCC)CCCCC)cc2)cc1. The molecule has 60 heavy (non-hydrogen) atoms. The molecule has 0 aromatic heterocycles. The Kier molecular flexibility index (Phi) is 26.3. The fourth-order valence-electron chi connectivity index (χ4n) is 9.05. The lowest BCUT2D eigenvalue weighted by molar-refractivity contribution is -0.501. The Labute approximate surface area is 370 Å². The van der Waals surface area contributed by atoms with Gasteiger partial charge in [0.2, 0.25) is 0 Å². The molecule has 0 saturated heterocycles. The van der Waals surface area contributed by atoms with E-state index in [-0.39, 0.29) is 11.8 Å². The normalized spacial score (nSPS) is 13.2. The van der Waals surface area contributed by atoms with E-state index in [0.29, 0.717) is 17.7 Å². The Balaban J connectivity index is 1.88. The average Bonchev–Trinajstić information content (AvgIpc) is 3.25. The van der Waals surface area contributed by atoms with E-state index in [4.69, 9.17) is 0 Å². The predicted molar refractivity (Wildman–Crippen MR) is 269 cm³/mol. The summed E-state index contributed by atoms with van der Waals surface area (Å²) < 4.78 is 0. The Morgan fingerprint density at radius 2 is 0.867 bits per heavy atom. The second-order valence-electron chi connectivity index (χ2n) is 18.1. The molecule has 0 radical (unpaired) electrons. The van der Waals surface area contributed by atoms with Gasteiger partial charge in [0.15, 0.2) is 6.04 Å². The van der Waals surface area contributed by atoms with Crippen molar-refractivity contribution in [3.63, 3.8) is 0 Å². The van der Waals surface area contributed by atoms with Crippen molar-refractivity contribution in [3.8, 4) is 0 Å². The number of benzene rings is 3. The van der Waals surface area contributed by atoms with Crippen molar-refractivity contribution >= 4 is 32.0 Å². The van der Waals surface area contributed by atoms with Crippen molar-refractivity contribution in [2.75, 3.05) is 37.0 Å². The standard InChI is InChI=1S/C54H86N2O2P2/c1-7-13-22-38-59(39-23-14-8-2,40-24-15-9-3)45-48-30-34-50(35-31-48)53(57)56-52(44-47-28-20-19-21-29-47)54(58)55-51-36-32-49(33-37-51)46-60(41-25-16-10-4,42-26-17-11-5)43-27-18-12-6/h19-21,28-37,52H,7-18,22-27,38-46H2,1-6H3/p+2/t52-/m0/s1. The number of aliphatic hydroxyl groups is 1. The van der Waals surface area contributed by atoms with Gasteiger partial charge in [0.1, 0.15) is 0 Å². The van der Waals surface area contributed by atoms with Crippen LogP contribution in [0, 0.1) is 0 Å². The number of aliphatic imine (C=N–C) groups is 1. The first kappa shape index (κ1) is 51.8. The molecule has 0 unspecified atom stereocenters. The summed E-state index contributed by atoms with van der Waals surface area (Å²) >= 11 is 0. The highest BCUT2D eigenvalue weighted by Crippen LogP contribution is 2.64. The third-order valence-corrected chi connectivity index (χ3v) is 22.4. The van der Waals surface area contributed by atoms with Crippen LogP contribution in [-0.2, 0) is 18.7 Å². The molecule has 4 nitrogen and oxygen atoms in total. The molecule has 3 rings (SSSR count). The molecule has 6 heteroatoms. The van der Waals surface area contributed by atoms with Crippen molar-refractivity contribution in [2.24, 2.45) is 4.99 Å². The minimum Gasteiger partial charge on any atom is -0.857 e. The lowest BCUT2D eigenvalue weighted by Crippen LogP contribution is -2.84. The highest BCUT2D eigenvalue weighted by atomic mass is 31.2. The van der Waals surface area contributed by atoms with E-state index in [1.165, 1.54) is 176 Å². The monoisotopic (exact) mass is 859 g/mol. The summed E-state index contributed by atoms with van der Waals surface area (Å²) in [5.74, 6) is -0.234. The van der Waals surface area contributed by atoms with E-state index in [0.717, 1.165) is 5.56 Å². The van der Waals surface area contributed by atoms with Crippen LogP contribution < -0.4 is 10.1 Å². The molecule has 2 N–H and O–H groups in total. The number of nitrogens with one attached hydrogen (secondary N) is 1. The molecule has 0 spiro atoms. The average molecular weight is 859 g/mol. The molecule has 0 saturated carbocycles. The number of aliphatic hydroxyl groups excluding tert-OH is 1. The molecule has 0 fully saturated rings. The molecule has 0 aliphatic heterocycles. The topological polar surface area (TPSA) is 69.6 Å². The largest absolute Gasteiger partial charge is 0.857 e. The summed E-state index contributed by atoms with van der Waals surface area (Å²) in [5, 5.41) is 25.6. The van der Waals surface area contributed by atoms with Gasteiger partial charge in [-0.1, -0.05) is 173 Å². The van der Waals surface area contributed by atoms with Gasteiger partial charge in [-0.3, -0.25) is 4.99 Å².